The Bertz CT molecular complexity index is 817. The summed E-state index contributed by atoms with van der Waals surface area (Å²) in [7, 11) is 0. The lowest BCUT2D eigenvalue weighted by Gasteiger charge is -2.14. The first-order valence-electron chi connectivity index (χ1n) is 6.62. The fourth-order valence-corrected chi connectivity index (χ4v) is 1.97. The number of benzene rings is 2. The van der Waals surface area contributed by atoms with Crippen LogP contribution in [0.25, 0.3) is 0 Å². The van der Waals surface area contributed by atoms with Crippen molar-refractivity contribution in [3.05, 3.63) is 64.7 Å². The maximum Gasteiger partial charge on any atom is 0.416 e. The van der Waals surface area contributed by atoms with Gasteiger partial charge < -0.3 is 5.32 Å². The van der Waals surface area contributed by atoms with E-state index in [1.165, 1.54) is 24.3 Å². The van der Waals surface area contributed by atoms with Gasteiger partial charge in [0, 0.05) is 5.56 Å². The molecule has 0 saturated carbocycles. The van der Waals surface area contributed by atoms with E-state index in [0.717, 1.165) is 0 Å². The van der Waals surface area contributed by atoms with Gasteiger partial charge in [-0.1, -0.05) is 12.1 Å². The Kier molecular flexibility index (Phi) is 4.74. The normalized spacial score (nSPS) is 11.7. The second-order valence-electron chi connectivity index (χ2n) is 4.91. The van der Waals surface area contributed by atoms with Crippen molar-refractivity contribution >= 4 is 11.6 Å². The number of hydrogen-bond acceptors (Lipinski definition) is 2. The number of rotatable bonds is 2. The molecule has 0 saturated heterocycles. The number of nitrogens with zero attached hydrogens (tertiary/aromatic N) is 1. The number of nitrogens with one attached hydrogen (secondary N) is 1. The first-order chi connectivity index (χ1) is 11.5. The van der Waals surface area contributed by atoms with Crippen molar-refractivity contribution in [3.8, 4) is 6.07 Å². The van der Waals surface area contributed by atoms with E-state index in [1.807, 2.05) is 0 Å². The van der Waals surface area contributed by atoms with E-state index in [-0.39, 0.29) is 17.3 Å². The van der Waals surface area contributed by atoms with Crippen LogP contribution in [0.4, 0.5) is 32.0 Å². The molecule has 1 amide bonds. The van der Waals surface area contributed by atoms with Crippen molar-refractivity contribution in [2.24, 2.45) is 0 Å². The van der Waals surface area contributed by atoms with Crippen LogP contribution in [-0.2, 0) is 12.4 Å². The lowest BCUT2D eigenvalue weighted by atomic mass is 10.0. The van der Waals surface area contributed by atoms with Gasteiger partial charge in [-0.2, -0.15) is 31.6 Å². The second kappa shape index (κ2) is 6.47. The van der Waals surface area contributed by atoms with Crippen LogP contribution in [-0.4, -0.2) is 5.91 Å². The lowest BCUT2D eigenvalue weighted by molar-refractivity contribution is -0.143. The van der Waals surface area contributed by atoms with Crippen molar-refractivity contribution in [3.63, 3.8) is 0 Å². The highest BCUT2D eigenvalue weighted by atomic mass is 19.4. The molecule has 2 aromatic carbocycles. The Labute approximate surface area is 137 Å². The topological polar surface area (TPSA) is 52.9 Å². The van der Waals surface area contributed by atoms with Crippen LogP contribution < -0.4 is 5.32 Å². The van der Waals surface area contributed by atoms with Gasteiger partial charge in [0.2, 0.25) is 0 Å². The van der Waals surface area contributed by atoms with Gasteiger partial charge in [0.25, 0.3) is 5.91 Å². The molecule has 130 valence electrons. The number of hydrogen-bond donors (Lipinski definition) is 1. The van der Waals surface area contributed by atoms with Crippen molar-refractivity contribution in [2.45, 2.75) is 12.4 Å². The molecule has 0 bridgehead atoms. The first kappa shape index (κ1) is 18.3. The third kappa shape index (κ3) is 4.29. The number of amides is 1. The summed E-state index contributed by atoms with van der Waals surface area (Å²) in [6.45, 7) is 0. The van der Waals surface area contributed by atoms with Crippen LogP contribution in [0.3, 0.4) is 0 Å². The summed E-state index contributed by atoms with van der Waals surface area (Å²) >= 11 is 0. The Morgan fingerprint density at radius 2 is 1.44 bits per heavy atom. The lowest BCUT2D eigenvalue weighted by Crippen LogP contribution is -2.17. The van der Waals surface area contributed by atoms with Crippen LogP contribution in [0.15, 0.2) is 42.5 Å². The molecule has 0 aliphatic heterocycles. The molecule has 25 heavy (non-hydrogen) atoms. The highest BCUT2D eigenvalue weighted by molar-refractivity contribution is 6.05. The van der Waals surface area contributed by atoms with Crippen molar-refractivity contribution in [1.82, 2.24) is 0 Å². The van der Waals surface area contributed by atoms with E-state index in [9.17, 15) is 31.1 Å². The predicted molar refractivity (Wildman–Crippen MR) is 75.6 cm³/mol. The molecule has 0 unspecified atom stereocenters. The molecule has 0 spiro atoms. The molecular formula is C16H8F6N2O. The second-order valence-corrected chi connectivity index (χ2v) is 4.91. The quantitative estimate of drug-likeness (QED) is 0.781. The summed E-state index contributed by atoms with van der Waals surface area (Å²) in [5, 5.41) is 11.0. The number of anilines is 1. The molecule has 2 rings (SSSR count). The highest BCUT2D eigenvalue weighted by Crippen LogP contribution is 2.36. The monoisotopic (exact) mass is 358 g/mol. The maximum atomic E-state index is 12.8. The molecule has 2 aromatic rings. The average molecular weight is 358 g/mol. The van der Waals surface area contributed by atoms with Gasteiger partial charge in [-0.05, 0) is 30.3 Å². The van der Waals surface area contributed by atoms with E-state index in [2.05, 4.69) is 5.32 Å². The van der Waals surface area contributed by atoms with Crippen LogP contribution in [0.2, 0.25) is 0 Å². The minimum absolute atomic E-state index is 0.0128. The van der Waals surface area contributed by atoms with E-state index >= 15 is 0 Å². The van der Waals surface area contributed by atoms with Crippen LogP contribution in [0.5, 0.6) is 0 Å². The molecule has 0 radical (unpaired) electrons. The smallest absolute Gasteiger partial charge is 0.321 e. The van der Waals surface area contributed by atoms with E-state index < -0.39 is 35.0 Å². The Hall–Kier alpha value is -3.02. The molecular weight excluding hydrogens is 350 g/mol. The zero-order valence-corrected chi connectivity index (χ0v) is 12.2. The number of halogens is 6. The molecule has 9 heteroatoms. The van der Waals surface area contributed by atoms with Crippen LogP contribution >= 0.6 is 0 Å². The predicted octanol–water partition coefficient (Wildman–Crippen LogP) is 4.85. The molecule has 0 atom stereocenters. The Morgan fingerprint density at radius 3 is 1.92 bits per heavy atom. The molecule has 0 aromatic heterocycles. The number of para-hydroxylation sites is 1. The zero-order valence-electron chi connectivity index (χ0n) is 12.2. The first-order valence-corrected chi connectivity index (χ1v) is 6.62. The number of carbonyl (C=O) groups excluding carboxylic acids is 1. The summed E-state index contributed by atoms with van der Waals surface area (Å²) in [5.41, 5.74) is -4.03. The summed E-state index contributed by atoms with van der Waals surface area (Å²) in [5.74, 6) is -1.20. The van der Waals surface area contributed by atoms with Crippen molar-refractivity contribution in [1.29, 1.82) is 5.26 Å². The third-order valence-electron chi connectivity index (χ3n) is 3.15. The summed E-state index contributed by atoms with van der Waals surface area (Å²) in [4.78, 5) is 12.1. The Balaban J connectivity index is 2.47. The van der Waals surface area contributed by atoms with Gasteiger partial charge in [0.15, 0.2) is 0 Å². The third-order valence-corrected chi connectivity index (χ3v) is 3.15. The van der Waals surface area contributed by atoms with Gasteiger partial charge in [0.05, 0.1) is 22.4 Å². The molecule has 3 nitrogen and oxygen atoms in total. The zero-order chi connectivity index (χ0) is 18.8. The number of nitriles is 1. The maximum absolute atomic E-state index is 12.8. The standard InChI is InChI=1S/C16H8F6N2O/c17-15(18,19)11-5-10(6-12(7-11)16(20,21)22)14(25)24-13-4-2-1-3-9(13)8-23/h1-7H,(H,24,25). The van der Waals surface area contributed by atoms with Crippen molar-refractivity contribution in [2.75, 3.05) is 5.32 Å². The van der Waals surface area contributed by atoms with Crippen molar-refractivity contribution < 1.29 is 31.1 Å². The number of carbonyl (C=O) groups is 1. The van der Waals surface area contributed by atoms with Gasteiger partial charge >= 0.3 is 12.4 Å². The van der Waals surface area contributed by atoms with Crippen LogP contribution in [0, 0.1) is 11.3 Å². The van der Waals surface area contributed by atoms with E-state index in [1.54, 1.807) is 6.07 Å². The summed E-state index contributed by atoms with van der Waals surface area (Å²) < 4.78 is 76.8. The fraction of sp³-hybridized carbons (Fsp3) is 0.125. The summed E-state index contributed by atoms with van der Waals surface area (Å²) in [6.07, 6.45) is -10.1. The highest BCUT2D eigenvalue weighted by Gasteiger charge is 2.37. The van der Waals surface area contributed by atoms with Crippen LogP contribution in [0.1, 0.15) is 27.0 Å². The number of alkyl halides is 6. The molecule has 0 aliphatic carbocycles. The molecule has 0 aliphatic rings. The minimum Gasteiger partial charge on any atom is -0.321 e. The molecule has 0 heterocycles. The van der Waals surface area contributed by atoms with Gasteiger partial charge in [-0.15, -0.1) is 0 Å². The molecule has 1 N–H and O–H groups in total. The Morgan fingerprint density at radius 1 is 0.920 bits per heavy atom. The SMILES string of the molecule is N#Cc1ccccc1NC(=O)c1cc(C(F)(F)F)cc(C(F)(F)F)c1. The van der Waals surface area contributed by atoms with E-state index in [0.29, 0.717) is 12.1 Å². The largest absolute Gasteiger partial charge is 0.416 e. The minimum atomic E-state index is -5.05. The van der Waals surface area contributed by atoms with Gasteiger partial charge in [-0.25, -0.2) is 0 Å². The van der Waals surface area contributed by atoms with Gasteiger partial charge in [-0.3, -0.25) is 4.79 Å². The fourth-order valence-electron chi connectivity index (χ4n) is 1.97. The van der Waals surface area contributed by atoms with E-state index in [4.69, 9.17) is 5.26 Å². The summed E-state index contributed by atoms with van der Waals surface area (Å²) in [6, 6.07) is 7.89. The molecule has 0 fully saturated rings. The van der Waals surface area contributed by atoms with Gasteiger partial charge in [0.1, 0.15) is 6.07 Å². The average Bonchev–Trinajstić information content (AvgIpc) is 2.53.